The molecular formula is C29H27F5O2. The first-order valence-corrected chi connectivity index (χ1v) is 12.0. The number of benzene rings is 3. The third-order valence-electron chi connectivity index (χ3n) is 6.60. The summed E-state index contributed by atoms with van der Waals surface area (Å²) in [7, 11) is 0. The van der Waals surface area contributed by atoms with Crippen LogP contribution in [0.2, 0.25) is 0 Å². The number of ether oxygens (including phenoxy) is 2. The summed E-state index contributed by atoms with van der Waals surface area (Å²) in [4.78, 5) is 0. The first-order chi connectivity index (χ1) is 17.3. The number of aryl methyl sites for hydroxylation is 1. The second kappa shape index (κ2) is 11.2. The normalized spacial score (nSPS) is 17.7. The van der Waals surface area contributed by atoms with Crippen molar-refractivity contribution in [3.05, 3.63) is 94.8 Å². The second-order valence-corrected chi connectivity index (χ2v) is 8.83. The summed E-state index contributed by atoms with van der Waals surface area (Å²) >= 11 is 0. The van der Waals surface area contributed by atoms with Crippen molar-refractivity contribution in [2.45, 2.75) is 44.6 Å². The van der Waals surface area contributed by atoms with Crippen molar-refractivity contribution in [1.29, 1.82) is 0 Å². The molecule has 36 heavy (non-hydrogen) atoms. The third kappa shape index (κ3) is 5.31. The molecule has 3 aromatic rings. The fourth-order valence-corrected chi connectivity index (χ4v) is 4.59. The van der Waals surface area contributed by atoms with Crippen LogP contribution in [0.15, 0.2) is 49.0 Å². The lowest BCUT2D eigenvalue weighted by molar-refractivity contribution is -0.00127. The average molecular weight is 503 g/mol. The van der Waals surface area contributed by atoms with Crippen LogP contribution in [-0.4, -0.2) is 19.3 Å². The third-order valence-corrected chi connectivity index (χ3v) is 6.60. The first-order valence-electron chi connectivity index (χ1n) is 12.0. The van der Waals surface area contributed by atoms with E-state index in [1.54, 1.807) is 13.0 Å². The molecule has 1 fully saturated rings. The van der Waals surface area contributed by atoms with Crippen LogP contribution >= 0.6 is 0 Å². The fraction of sp³-hybridized carbons (Fsp3) is 0.310. The molecular weight excluding hydrogens is 475 g/mol. The first kappa shape index (κ1) is 25.9. The highest BCUT2D eigenvalue weighted by Gasteiger charge is 2.28. The second-order valence-electron chi connectivity index (χ2n) is 8.83. The summed E-state index contributed by atoms with van der Waals surface area (Å²) in [5, 5.41) is 0. The molecule has 3 aromatic carbocycles. The van der Waals surface area contributed by atoms with Gasteiger partial charge in [-0.25, -0.2) is 17.6 Å². The largest absolute Gasteiger partial charge is 0.491 e. The van der Waals surface area contributed by atoms with Gasteiger partial charge in [0.2, 0.25) is 5.82 Å². The van der Waals surface area contributed by atoms with E-state index in [-0.39, 0.29) is 53.5 Å². The van der Waals surface area contributed by atoms with Gasteiger partial charge in [0.1, 0.15) is 5.82 Å². The molecule has 0 amide bonds. The molecule has 0 bridgehead atoms. The summed E-state index contributed by atoms with van der Waals surface area (Å²) in [6, 6.07) is 10.1. The fourth-order valence-electron chi connectivity index (χ4n) is 4.59. The van der Waals surface area contributed by atoms with E-state index in [4.69, 9.17) is 9.47 Å². The van der Waals surface area contributed by atoms with Crippen molar-refractivity contribution in [2.75, 3.05) is 13.2 Å². The Hall–Kier alpha value is -3.19. The molecule has 1 saturated heterocycles. The molecule has 2 atom stereocenters. The van der Waals surface area contributed by atoms with Gasteiger partial charge >= 0.3 is 0 Å². The average Bonchev–Trinajstić information content (AvgIpc) is 2.88. The van der Waals surface area contributed by atoms with Crippen molar-refractivity contribution in [1.82, 2.24) is 0 Å². The maximum atomic E-state index is 15.0. The van der Waals surface area contributed by atoms with Gasteiger partial charge in [-0.15, -0.1) is 0 Å². The zero-order chi connectivity index (χ0) is 25.8. The minimum absolute atomic E-state index is 0.0727. The summed E-state index contributed by atoms with van der Waals surface area (Å²) in [6.07, 6.45) is 3.92. The lowest BCUT2D eigenvalue weighted by Gasteiger charge is -2.30. The summed E-state index contributed by atoms with van der Waals surface area (Å²) in [5.74, 6) is -5.84. The Balaban J connectivity index is 1.42. The van der Waals surface area contributed by atoms with E-state index in [9.17, 15) is 17.6 Å². The molecule has 7 heteroatoms. The molecule has 1 heterocycles. The quantitative estimate of drug-likeness (QED) is 0.291. The van der Waals surface area contributed by atoms with E-state index >= 15 is 4.39 Å². The predicted octanol–water partition coefficient (Wildman–Crippen LogP) is 7.99. The van der Waals surface area contributed by atoms with Crippen LogP contribution in [0.1, 0.15) is 48.8 Å². The minimum atomic E-state index is -1.30. The van der Waals surface area contributed by atoms with Crippen molar-refractivity contribution in [2.24, 2.45) is 0 Å². The van der Waals surface area contributed by atoms with Gasteiger partial charge < -0.3 is 9.47 Å². The van der Waals surface area contributed by atoms with Gasteiger partial charge in [-0.1, -0.05) is 36.9 Å². The Labute approximate surface area is 207 Å². The van der Waals surface area contributed by atoms with Crippen molar-refractivity contribution < 1.29 is 31.4 Å². The van der Waals surface area contributed by atoms with Gasteiger partial charge in [0.15, 0.2) is 23.2 Å². The van der Waals surface area contributed by atoms with Gasteiger partial charge in [-0.2, -0.15) is 4.39 Å². The van der Waals surface area contributed by atoms with Crippen LogP contribution in [0.5, 0.6) is 5.75 Å². The summed E-state index contributed by atoms with van der Waals surface area (Å²) in [5.41, 5.74) is 0.705. The SMILES string of the molecule is C=Cc1ccc(CCC2CCC(c3ccc(-c4ccc(OCC)c(F)c4F)c(F)c3F)CO2)cc1F. The number of halogens is 5. The van der Waals surface area contributed by atoms with Gasteiger partial charge in [0, 0.05) is 22.6 Å². The Kier molecular flexibility index (Phi) is 8.09. The van der Waals surface area contributed by atoms with Crippen LogP contribution in [-0.2, 0) is 11.2 Å². The van der Waals surface area contributed by atoms with Crippen LogP contribution in [0, 0.1) is 29.1 Å². The maximum absolute atomic E-state index is 15.0. The van der Waals surface area contributed by atoms with E-state index in [0.29, 0.717) is 31.2 Å². The molecule has 0 saturated carbocycles. The number of rotatable bonds is 8. The van der Waals surface area contributed by atoms with Crippen LogP contribution in [0.25, 0.3) is 17.2 Å². The van der Waals surface area contributed by atoms with E-state index < -0.39 is 23.3 Å². The monoisotopic (exact) mass is 502 g/mol. The molecule has 2 nitrogen and oxygen atoms in total. The Morgan fingerprint density at radius 1 is 0.917 bits per heavy atom. The van der Waals surface area contributed by atoms with E-state index in [1.807, 2.05) is 6.07 Å². The zero-order valence-corrected chi connectivity index (χ0v) is 19.9. The van der Waals surface area contributed by atoms with E-state index in [0.717, 1.165) is 5.56 Å². The molecule has 0 spiro atoms. The smallest absolute Gasteiger partial charge is 0.201 e. The molecule has 2 unspecified atom stereocenters. The minimum Gasteiger partial charge on any atom is -0.491 e. The van der Waals surface area contributed by atoms with Crippen LogP contribution < -0.4 is 4.74 Å². The molecule has 0 aliphatic carbocycles. The van der Waals surface area contributed by atoms with Gasteiger partial charge in [-0.05, 0) is 61.9 Å². The Bertz CT molecular complexity index is 1250. The molecule has 0 radical (unpaired) electrons. The van der Waals surface area contributed by atoms with Gasteiger partial charge in [-0.3, -0.25) is 0 Å². The number of hydrogen-bond donors (Lipinski definition) is 0. The molecule has 0 aromatic heterocycles. The lowest BCUT2D eigenvalue weighted by Crippen LogP contribution is -2.26. The van der Waals surface area contributed by atoms with Crippen LogP contribution in [0.4, 0.5) is 22.0 Å². The summed E-state index contributed by atoms with van der Waals surface area (Å²) in [6.45, 7) is 5.54. The summed E-state index contributed by atoms with van der Waals surface area (Å²) < 4.78 is 83.6. The predicted molar refractivity (Wildman–Crippen MR) is 129 cm³/mol. The number of hydrogen-bond acceptors (Lipinski definition) is 2. The maximum Gasteiger partial charge on any atom is 0.201 e. The van der Waals surface area contributed by atoms with Gasteiger partial charge in [0.05, 0.1) is 19.3 Å². The van der Waals surface area contributed by atoms with Crippen molar-refractivity contribution >= 4 is 6.08 Å². The van der Waals surface area contributed by atoms with Crippen molar-refractivity contribution in [3.8, 4) is 16.9 Å². The van der Waals surface area contributed by atoms with Crippen molar-refractivity contribution in [3.63, 3.8) is 0 Å². The highest BCUT2D eigenvalue weighted by atomic mass is 19.2. The lowest BCUT2D eigenvalue weighted by atomic mass is 9.88. The van der Waals surface area contributed by atoms with E-state index in [1.165, 1.54) is 36.4 Å². The Morgan fingerprint density at radius 3 is 2.28 bits per heavy atom. The molecule has 0 N–H and O–H groups in total. The molecule has 1 aliphatic rings. The molecule has 1 aliphatic heterocycles. The topological polar surface area (TPSA) is 18.5 Å². The van der Waals surface area contributed by atoms with E-state index in [2.05, 4.69) is 6.58 Å². The standard InChI is InChI=1S/C29H27F5O2/c1-3-18-7-5-17(15-24(18)30)6-9-20-10-8-19(16-36-20)21-11-12-22(27(32)26(21)31)23-13-14-25(35-4-2)29(34)28(23)33/h3,5,7,11-15,19-20H,1,4,6,8-10,16H2,2H3. The molecule has 190 valence electrons. The highest BCUT2D eigenvalue weighted by molar-refractivity contribution is 5.67. The van der Waals surface area contributed by atoms with Gasteiger partial charge in [0.25, 0.3) is 0 Å². The molecule has 4 rings (SSSR count). The zero-order valence-electron chi connectivity index (χ0n) is 19.9. The van der Waals surface area contributed by atoms with Crippen LogP contribution in [0.3, 0.4) is 0 Å². The highest BCUT2D eigenvalue weighted by Crippen LogP contribution is 2.37. The Morgan fingerprint density at radius 2 is 1.64 bits per heavy atom.